The molecule has 0 unspecified atom stereocenters. The molecule has 27 heavy (non-hydrogen) atoms. The average molecular weight is 369 g/mol. The van der Waals surface area contributed by atoms with Crippen molar-refractivity contribution in [3.8, 4) is 0 Å². The molecule has 9 nitrogen and oxygen atoms in total. The highest BCUT2D eigenvalue weighted by Crippen LogP contribution is 2.15. The minimum absolute atomic E-state index is 0.287. The highest BCUT2D eigenvalue weighted by atomic mass is 16.5. The second kappa shape index (κ2) is 8.28. The van der Waals surface area contributed by atoms with Gasteiger partial charge in [0.05, 0.1) is 19.8 Å². The van der Waals surface area contributed by atoms with Crippen molar-refractivity contribution in [1.29, 1.82) is 0 Å². The normalized spacial score (nSPS) is 15.3. The topological polar surface area (TPSA) is 101 Å². The Bertz CT molecular complexity index is 932. The number of hydrogen-bond acceptors (Lipinski definition) is 7. The van der Waals surface area contributed by atoms with Crippen molar-refractivity contribution >= 4 is 16.9 Å². The van der Waals surface area contributed by atoms with Gasteiger partial charge in [0.25, 0.3) is 5.56 Å². The fraction of sp³-hybridized carbons (Fsp3) is 0.444. The summed E-state index contributed by atoms with van der Waals surface area (Å²) in [6.07, 6.45) is 0.973. The van der Waals surface area contributed by atoms with E-state index in [0.717, 1.165) is 51.4 Å². The van der Waals surface area contributed by atoms with Crippen LogP contribution in [0.5, 0.6) is 0 Å². The molecule has 4 rings (SSSR count). The van der Waals surface area contributed by atoms with E-state index in [-0.39, 0.29) is 5.56 Å². The smallest absolute Gasteiger partial charge is 0.292 e. The lowest BCUT2D eigenvalue weighted by Crippen LogP contribution is -2.37. The number of anilines is 1. The molecular formula is C18H23N7O2. The van der Waals surface area contributed by atoms with Gasteiger partial charge in [0.1, 0.15) is 0 Å². The molecule has 0 radical (unpaired) electrons. The molecule has 0 amide bonds. The molecule has 142 valence electrons. The maximum Gasteiger partial charge on any atom is 0.292 e. The molecule has 0 aliphatic carbocycles. The van der Waals surface area contributed by atoms with Crippen molar-refractivity contribution in [3.63, 3.8) is 0 Å². The van der Waals surface area contributed by atoms with Crippen LogP contribution in [0.2, 0.25) is 0 Å². The van der Waals surface area contributed by atoms with Crippen LogP contribution in [0.15, 0.2) is 35.1 Å². The highest BCUT2D eigenvalue weighted by Gasteiger charge is 2.15. The molecule has 2 aromatic heterocycles. The van der Waals surface area contributed by atoms with E-state index in [1.807, 2.05) is 30.3 Å². The van der Waals surface area contributed by atoms with Gasteiger partial charge in [-0.25, -0.2) is 9.78 Å². The molecule has 3 heterocycles. The summed E-state index contributed by atoms with van der Waals surface area (Å²) in [4.78, 5) is 14.7. The first-order valence-electron chi connectivity index (χ1n) is 9.21. The van der Waals surface area contributed by atoms with Crippen molar-refractivity contribution in [3.05, 3.63) is 46.2 Å². The fourth-order valence-electron chi connectivity index (χ4n) is 3.23. The zero-order valence-electron chi connectivity index (χ0n) is 15.1. The van der Waals surface area contributed by atoms with Crippen LogP contribution in [0.25, 0.3) is 11.0 Å². The van der Waals surface area contributed by atoms with E-state index in [0.29, 0.717) is 23.4 Å². The minimum Gasteiger partial charge on any atom is -0.379 e. The third-order valence-corrected chi connectivity index (χ3v) is 4.67. The molecule has 1 aliphatic rings. The van der Waals surface area contributed by atoms with Gasteiger partial charge in [-0.05, 0) is 18.5 Å². The first kappa shape index (κ1) is 17.6. The summed E-state index contributed by atoms with van der Waals surface area (Å²) in [5.41, 5.74) is 1.70. The molecule has 3 aromatic rings. The van der Waals surface area contributed by atoms with Crippen molar-refractivity contribution in [1.82, 2.24) is 30.1 Å². The van der Waals surface area contributed by atoms with Crippen LogP contribution in [0.3, 0.4) is 0 Å². The second-order valence-corrected chi connectivity index (χ2v) is 6.57. The van der Waals surface area contributed by atoms with E-state index < -0.39 is 0 Å². The maximum atomic E-state index is 12.3. The summed E-state index contributed by atoms with van der Waals surface area (Å²) in [6.45, 7) is 5.81. The number of nitrogens with one attached hydrogen (secondary N) is 2. The summed E-state index contributed by atoms with van der Waals surface area (Å²) in [7, 11) is 0. The van der Waals surface area contributed by atoms with E-state index in [4.69, 9.17) is 4.74 Å². The van der Waals surface area contributed by atoms with Gasteiger partial charge in [0.15, 0.2) is 16.9 Å². The van der Waals surface area contributed by atoms with Gasteiger partial charge < -0.3 is 10.1 Å². The van der Waals surface area contributed by atoms with Crippen LogP contribution in [-0.2, 0) is 11.3 Å². The minimum atomic E-state index is -0.287. The standard InChI is InChI=1S/C18H23N7O2/c26-18-16-15(20-23-25(16)13-14-5-2-1-3-6-14)17(21-22-18)19-7-4-8-24-9-11-27-12-10-24/h1-3,5-6H,4,7-13H2,(H,19,21)(H,22,26). The third kappa shape index (κ3) is 4.15. The summed E-state index contributed by atoms with van der Waals surface area (Å²) >= 11 is 0. The largest absolute Gasteiger partial charge is 0.379 e. The Morgan fingerprint density at radius 2 is 2.00 bits per heavy atom. The van der Waals surface area contributed by atoms with E-state index in [1.54, 1.807) is 4.68 Å². The molecule has 1 fully saturated rings. The molecule has 1 saturated heterocycles. The monoisotopic (exact) mass is 369 g/mol. The molecule has 1 aliphatic heterocycles. The molecule has 0 spiro atoms. The Kier molecular flexibility index (Phi) is 5.40. The zero-order valence-corrected chi connectivity index (χ0v) is 15.1. The molecule has 1 aromatic carbocycles. The van der Waals surface area contributed by atoms with Crippen LogP contribution in [0.1, 0.15) is 12.0 Å². The van der Waals surface area contributed by atoms with Crippen LogP contribution in [0, 0.1) is 0 Å². The Morgan fingerprint density at radius 1 is 1.19 bits per heavy atom. The maximum absolute atomic E-state index is 12.3. The SMILES string of the molecule is O=c1[nH]nc(NCCCN2CCOCC2)c2nnn(Cc3ccccc3)c12. The second-order valence-electron chi connectivity index (χ2n) is 6.57. The lowest BCUT2D eigenvalue weighted by atomic mass is 10.2. The lowest BCUT2D eigenvalue weighted by Gasteiger charge is -2.26. The number of ether oxygens (including phenoxy) is 1. The highest BCUT2D eigenvalue weighted by molar-refractivity contribution is 5.84. The number of morpholine rings is 1. The first-order valence-corrected chi connectivity index (χ1v) is 9.21. The predicted molar refractivity (Wildman–Crippen MR) is 102 cm³/mol. The van der Waals surface area contributed by atoms with Crippen molar-refractivity contribution in [2.45, 2.75) is 13.0 Å². The van der Waals surface area contributed by atoms with Crippen LogP contribution in [-0.4, -0.2) is 69.5 Å². The lowest BCUT2D eigenvalue weighted by molar-refractivity contribution is 0.0378. The quantitative estimate of drug-likeness (QED) is 0.591. The predicted octanol–water partition coefficient (Wildman–Crippen LogP) is 0.697. The van der Waals surface area contributed by atoms with Gasteiger partial charge in [0, 0.05) is 19.6 Å². The number of aromatic amines is 1. The zero-order chi connectivity index (χ0) is 18.5. The number of hydrogen-bond donors (Lipinski definition) is 2. The summed E-state index contributed by atoms with van der Waals surface area (Å²) < 4.78 is 6.98. The van der Waals surface area contributed by atoms with Gasteiger partial charge >= 0.3 is 0 Å². The number of fused-ring (bicyclic) bond motifs is 1. The number of H-pyrrole nitrogens is 1. The molecule has 9 heteroatoms. The van der Waals surface area contributed by atoms with E-state index in [9.17, 15) is 4.79 Å². The van der Waals surface area contributed by atoms with Crippen molar-refractivity contribution in [2.24, 2.45) is 0 Å². The Labute approximate surface area is 156 Å². The summed E-state index contributed by atoms with van der Waals surface area (Å²) in [5, 5.41) is 18.3. The van der Waals surface area contributed by atoms with Crippen molar-refractivity contribution in [2.75, 3.05) is 44.7 Å². The van der Waals surface area contributed by atoms with E-state index in [2.05, 4.69) is 30.7 Å². The first-order chi connectivity index (χ1) is 13.3. The van der Waals surface area contributed by atoms with Crippen molar-refractivity contribution < 1.29 is 4.74 Å². The van der Waals surface area contributed by atoms with Gasteiger partial charge in [-0.15, -0.1) is 5.10 Å². The van der Waals surface area contributed by atoms with Gasteiger partial charge in [-0.2, -0.15) is 5.10 Å². The summed E-state index contributed by atoms with van der Waals surface area (Å²) in [5.74, 6) is 0.561. The Balaban J connectivity index is 1.44. The molecule has 0 bridgehead atoms. The molecule has 2 N–H and O–H groups in total. The molecule has 0 atom stereocenters. The number of rotatable bonds is 7. The van der Waals surface area contributed by atoms with E-state index in [1.165, 1.54) is 0 Å². The van der Waals surface area contributed by atoms with Gasteiger partial charge in [-0.1, -0.05) is 35.5 Å². The molecular weight excluding hydrogens is 346 g/mol. The van der Waals surface area contributed by atoms with Crippen LogP contribution in [0.4, 0.5) is 5.82 Å². The average Bonchev–Trinajstić information content (AvgIpc) is 3.13. The number of aromatic nitrogens is 5. The summed E-state index contributed by atoms with van der Waals surface area (Å²) in [6, 6.07) is 9.86. The Morgan fingerprint density at radius 3 is 2.81 bits per heavy atom. The Hall–Kier alpha value is -2.78. The fourth-order valence-corrected chi connectivity index (χ4v) is 3.23. The van der Waals surface area contributed by atoms with E-state index >= 15 is 0 Å². The molecule has 0 saturated carbocycles. The third-order valence-electron chi connectivity index (χ3n) is 4.67. The van der Waals surface area contributed by atoms with Gasteiger partial charge in [0.2, 0.25) is 0 Å². The van der Waals surface area contributed by atoms with Gasteiger partial charge in [-0.3, -0.25) is 9.69 Å². The number of benzene rings is 1. The van der Waals surface area contributed by atoms with Crippen LogP contribution >= 0.6 is 0 Å². The number of nitrogens with zero attached hydrogens (tertiary/aromatic N) is 5. The van der Waals surface area contributed by atoms with Crippen LogP contribution < -0.4 is 10.9 Å².